The third-order valence-corrected chi connectivity index (χ3v) is 4.33. The third-order valence-electron chi connectivity index (χ3n) is 4.33. The first-order valence-electron chi connectivity index (χ1n) is 9.83. The molecule has 3 atom stereocenters. The van der Waals surface area contributed by atoms with Crippen LogP contribution < -0.4 is 16.5 Å². The predicted molar refractivity (Wildman–Crippen MR) is 116 cm³/mol. The summed E-state index contributed by atoms with van der Waals surface area (Å²) in [4.78, 5) is 10.7. The second-order valence-electron chi connectivity index (χ2n) is 7.86. The fourth-order valence-corrected chi connectivity index (χ4v) is 2.48. The number of hydrogen-bond acceptors (Lipinski definition) is 8. The zero-order chi connectivity index (χ0) is 22.6. The Morgan fingerprint density at radius 1 is 1.41 bits per heavy atom. The standard InChI is InChI=1S/C20H40FN5O3/c1-9-15(13-28-24-7)17(22)14(2)18(23-6)25-16(12-21)10-11-26(8)19(27)29-20(3,4)5/h13,16-17,19,24-25,27H,6,9-12,22H2,1-5,7-8H3/b15-13+,18-14+. The quantitative estimate of drug-likeness (QED) is 0.148. The topological polar surface area (TPSA) is 104 Å². The van der Waals surface area contributed by atoms with Gasteiger partial charge in [0.05, 0.1) is 17.7 Å². The van der Waals surface area contributed by atoms with Gasteiger partial charge in [-0.3, -0.25) is 4.90 Å². The van der Waals surface area contributed by atoms with Crippen molar-refractivity contribution < 1.29 is 19.1 Å². The molecule has 0 bridgehead atoms. The number of hydroxylamine groups is 1. The number of aliphatic hydroxyl groups is 1. The van der Waals surface area contributed by atoms with Crippen molar-refractivity contribution in [2.45, 2.75) is 71.6 Å². The van der Waals surface area contributed by atoms with Gasteiger partial charge in [0.1, 0.15) is 18.8 Å². The minimum absolute atomic E-state index is 0.421. The summed E-state index contributed by atoms with van der Waals surface area (Å²) in [5, 5.41) is 13.2. The van der Waals surface area contributed by atoms with Gasteiger partial charge in [0.25, 0.3) is 0 Å². The van der Waals surface area contributed by atoms with Crippen molar-refractivity contribution in [1.82, 2.24) is 15.7 Å². The Balaban J connectivity index is 5.09. The molecule has 8 nitrogen and oxygen atoms in total. The van der Waals surface area contributed by atoms with E-state index in [-0.39, 0.29) is 0 Å². The number of nitrogens with zero attached hydrogens (tertiary/aromatic N) is 2. The van der Waals surface area contributed by atoms with Crippen LogP contribution in [0, 0.1) is 0 Å². The minimum atomic E-state index is -1.07. The fraction of sp³-hybridized carbons (Fsp3) is 0.750. The third kappa shape index (κ3) is 10.7. The maximum absolute atomic E-state index is 13.6. The molecule has 29 heavy (non-hydrogen) atoms. The number of aliphatic imine (C=N–C) groups is 1. The molecule has 0 amide bonds. The molecule has 0 aromatic heterocycles. The number of nitrogens with one attached hydrogen (secondary N) is 2. The van der Waals surface area contributed by atoms with Crippen molar-refractivity contribution in [1.29, 1.82) is 0 Å². The molecule has 0 fully saturated rings. The van der Waals surface area contributed by atoms with Crippen molar-refractivity contribution in [3.05, 3.63) is 23.2 Å². The second kappa shape index (κ2) is 13.7. The van der Waals surface area contributed by atoms with Gasteiger partial charge in [-0.05, 0) is 65.4 Å². The Hall–Kier alpha value is -1.52. The lowest BCUT2D eigenvalue weighted by Gasteiger charge is -2.31. The molecule has 0 aromatic carbocycles. The number of rotatable bonds is 14. The summed E-state index contributed by atoms with van der Waals surface area (Å²) in [6, 6.07) is -0.948. The zero-order valence-corrected chi connectivity index (χ0v) is 19.0. The maximum Gasteiger partial charge on any atom is 0.216 e. The van der Waals surface area contributed by atoms with Crippen molar-refractivity contribution in [3.8, 4) is 0 Å². The average Bonchev–Trinajstić information content (AvgIpc) is 2.66. The zero-order valence-electron chi connectivity index (χ0n) is 19.0. The summed E-state index contributed by atoms with van der Waals surface area (Å²) in [5.41, 5.74) is 10.00. The molecule has 3 unspecified atom stereocenters. The van der Waals surface area contributed by atoms with Crippen LogP contribution in [0.2, 0.25) is 0 Å². The minimum Gasteiger partial charge on any atom is -0.417 e. The van der Waals surface area contributed by atoms with Gasteiger partial charge >= 0.3 is 0 Å². The molecule has 0 radical (unpaired) electrons. The molecule has 170 valence electrons. The van der Waals surface area contributed by atoms with E-state index >= 15 is 0 Å². The number of hydrogen-bond donors (Lipinski definition) is 4. The summed E-state index contributed by atoms with van der Waals surface area (Å²) in [6.45, 7) is 12.8. The number of halogens is 1. The average molecular weight is 418 g/mol. The van der Waals surface area contributed by atoms with Crippen molar-refractivity contribution in [2.24, 2.45) is 10.7 Å². The molecule has 0 rings (SSSR count). The normalized spacial score (nSPS) is 16.9. The molecule has 0 heterocycles. The Morgan fingerprint density at radius 2 is 2.03 bits per heavy atom. The lowest BCUT2D eigenvalue weighted by molar-refractivity contribution is -0.232. The smallest absolute Gasteiger partial charge is 0.216 e. The monoisotopic (exact) mass is 417 g/mol. The van der Waals surface area contributed by atoms with Crippen LogP contribution in [-0.2, 0) is 9.57 Å². The summed E-state index contributed by atoms with van der Waals surface area (Å²) < 4.78 is 19.1. The van der Waals surface area contributed by atoms with Gasteiger partial charge < -0.3 is 25.7 Å². The molecule has 9 heteroatoms. The Labute approximate surface area is 175 Å². The Kier molecular flexibility index (Phi) is 12.9. The number of nitrogens with two attached hydrogens (primary N) is 1. The van der Waals surface area contributed by atoms with Gasteiger partial charge in [-0.2, -0.15) is 5.48 Å². The molecule has 0 saturated heterocycles. The first kappa shape index (κ1) is 27.5. The van der Waals surface area contributed by atoms with E-state index in [1.165, 1.54) is 0 Å². The van der Waals surface area contributed by atoms with Gasteiger partial charge in [-0.1, -0.05) is 6.92 Å². The molecule has 0 aromatic rings. The highest BCUT2D eigenvalue weighted by molar-refractivity contribution is 5.34. The van der Waals surface area contributed by atoms with Crippen LogP contribution in [0.25, 0.3) is 0 Å². The van der Waals surface area contributed by atoms with E-state index in [1.54, 1.807) is 25.3 Å². The van der Waals surface area contributed by atoms with E-state index in [4.69, 9.17) is 15.3 Å². The van der Waals surface area contributed by atoms with E-state index in [0.29, 0.717) is 25.2 Å². The van der Waals surface area contributed by atoms with Crippen molar-refractivity contribution in [3.63, 3.8) is 0 Å². The van der Waals surface area contributed by atoms with E-state index in [1.807, 2.05) is 34.6 Å². The lowest BCUT2D eigenvalue weighted by atomic mass is 9.99. The number of aliphatic hydroxyl groups excluding tert-OH is 1. The Morgan fingerprint density at radius 3 is 2.48 bits per heavy atom. The van der Waals surface area contributed by atoms with E-state index in [9.17, 15) is 9.50 Å². The molecule has 5 N–H and O–H groups in total. The summed E-state index contributed by atoms with van der Waals surface area (Å²) in [5.74, 6) is 0.443. The molecular weight excluding hydrogens is 377 g/mol. The van der Waals surface area contributed by atoms with Crippen LogP contribution in [0.15, 0.2) is 28.2 Å². The SMILES string of the molecule is C=N/C(NC(CF)CCN(C)C(O)OC(C)(C)C)=C(/C)C(N)/C(=C/ONC)CC. The first-order chi connectivity index (χ1) is 13.5. The molecule has 0 aliphatic carbocycles. The molecule has 0 aliphatic heterocycles. The van der Waals surface area contributed by atoms with Crippen LogP contribution in [-0.4, -0.2) is 68.1 Å². The molecule has 0 spiro atoms. The van der Waals surface area contributed by atoms with Gasteiger partial charge in [0.2, 0.25) is 6.41 Å². The predicted octanol–water partition coefficient (Wildman–Crippen LogP) is 2.03. The maximum atomic E-state index is 13.6. The van der Waals surface area contributed by atoms with E-state index in [2.05, 4.69) is 22.5 Å². The molecular formula is C20H40FN5O3. The van der Waals surface area contributed by atoms with Crippen LogP contribution in [0.1, 0.15) is 47.5 Å². The highest BCUT2D eigenvalue weighted by Crippen LogP contribution is 2.17. The highest BCUT2D eigenvalue weighted by Gasteiger charge is 2.22. The Bertz CT molecular complexity index is 549. The van der Waals surface area contributed by atoms with Crippen LogP contribution >= 0.6 is 0 Å². The van der Waals surface area contributed by atoms with Crippen molar-refractivity contribution in [2.75, 3.05) is 27.3 Å². The second-order valence-corrected chi connectivity index (χ2v) is 7.86. The lowest BCUT2D eigenvalue weighted by Crippen LogP contribution is -2.42. The van der Waals surface area contributed by atoms with E-state index in [0.717, 1.165) is 11.1 Å². The van der Waals surface area contributed by atoms with Crippen LogP contribution in [0.4, 0.5) is 4.39 Å². The number of ether oxygens (including phenoxy) is 1. The van der Waals surface area contributed by atoms with Gasteiger partial charge in [-0.15, -0.1) is 0 Å². The van der Waals surface area contributed by atoms with Crippen LogP contribution in [0.3, 0.4) is 0 Å². The van der Waals surface area contributed by atoms with E-state index < -0.39 is 30.8 Å². The van der Waals surface area contributed by atoms with Gasteiger partial charge in [0.15, 0.2) is 0 Å². The first-order valence-corrected chi connectivity index (χ1v) is 9.83. The molecule has 0 aliphatic rings. The van der Waals surface area contributed by atoms with Crippen LogP contribution in [0.5, 0.6) is 0 Å². The van der Waals surface area contributed by atoms with Gasteiger partial charge in [-0.25, -0.2) is 9.38 Å². The largest absolute Gasteiger partial charge is 0.417 e. The highest BCUT2D eigenvalue weighted by atomic mass is 19.1. The summed E-state index contributed by atoms with van der Waals surface area (Å²) >= 11 is 0. The summed E-state index contributed by atoms with van der Waals surface area (Å²) in [6.07, 6.45) is 1.61. The van der Waals surface area contributed by atoms with Crippen molar-refractivity contribution >= 4 is 6.72 Å². The fourth-order valence-electron chi connectivity index (χ4n) is 2.48. The number of alkyl halides is 1. The molecule has 0 saturated carbocycles. The summed E-state index contributed by atoms with van der Waals surface area (Å²) in [7, 11) is 3.37. The van der Waals surface area contributed by atoms with Gasteiger partial charge in [0, 0.05) is 13.6 Å².